The fourth-order valence-corrected chi connectivity index (χ4v) is 1.49. The Balaban J connectivity index is 3.58. The maximum absolute atomic E-state index is 5.75. The minimum Gasteiger partial charge on any atom is -0.353 e. The Morgan fingerprint density at radius 3 is 1.62 bits per heavy atom. The zero-order chi connectivity index (χ0) is 12.1. The number of hydrogen-bond donors (Lipinski definition) is 0. The van der Waals surface area contributed by atoms with Crippen LogP contribution in [0.25, 0.3) is 0 Å². The number of hydrogen-bond acceptors (Lipinski definition) is 2. The van der Waals surface area contributed by atoms with Gasteiger partial charge in [-0.25, -0.2) is 0 Å². The Morgan fingerprint density at radius 1 is 0.688 bits per heavy atom. The maximum Gasteiger partial charge on any atom is 0.157 e. The van der Waals surface area contributed by atoms with Crippen LogP contribution in [-0.2, 0) is 9.47 Å². The van der Waals surface area contributed by atoms with Crippen LogP contribution in [0.15, 0.2) is 0 Å². The van der Waals surface area contributed by atoms with Crippen molar-refractivity contribution in [3.05, 3.63) is 0 Å². The fraction of sp³-hybridized carbons (Fsp3) is 1.00. The van der Waals surface area contributed by atoms with Gasteiger partial charge in [0, 0.05) is 13.2 Å². The molecule has 0 fully saturated rings. The highest BCUT2D eigenvalue weighted by atomic mass is 16.7. The number of rotatable bonds is 12. The molecule has 0 radical (unpaired) electrons. The average molecular weight is 230 g/mol. The summed E-state index contributed by atoms with van der Waals surface area (Å²) in [6.07, 6.45) is 9.53. The topological polar surface area (TPSA) is 18.5 Å². The molecule has 2 heteroatoms. The summed E-state index contributed by atoms with van der Waals surface area (Å²) in [4.78, 5) is 0. The molecule has 0 heterocycles. The minimum absolute atomic E-state index is 0.0460. The molecule has 98 valence electrons. The van der Waals surface area contributed by atoms with E-state index in [-0.39, 0.29) is 6.29 Å². The molecule has 0 aliphatic carbocycles. The summed E-state index contributed by atoms with van der Waals surface area (Å²) in [5, 5.41) is 0. The molecule has 0 aromatic rings. The lowest BCUT2D eigenvalue weighted by Crippen LogP contribution is -2.18. The summed E-state index contributed by atoms with van der Waals surface area (Å²) in [5.41, 5.74) is 0. The molecule has 0 saturated carbocycles. The van der Waals surface area contributed by atoms with Gasteiger partial charge in [-0.05, 0) is 25.7 Å². The summed E-state index contributed by atoms with van der Waals surface area (Å²) < 4.78 is 11.5. The lowest BCUT2D eigenvalue weighted by molar-refractivity contribution is -0.147. The van der Waals surface area contributed by atoms with E-state index in [0.717, 1.165) is 32.5 Å². The van der Waals surface area contributed by atoms with Gasteiger partial charge in [0.05, 0.1) is 0 Å². The minimum atomic E-state index is 0.0460. The molecule has 0 aliphatic heterocycles. The monoisotopic (exact) mass is 230 g/mol. The van der Waals surface area contributed by atoms with Gasteiger partial charge in [-0.2, -0.15) is 0 Å². The normalized spacial score (nSPS) is 11.2. The molecule has 0 N–H and O–H groups in total. The van der Waals surface area contributed by atoms with Gasteiger partial charge in [0.2, 0.25) is 0 Å². The summed E-state index contributed by atoms with van der Waals surface area (Å²) in [7, 11) is 0. The second-order valence-electron chi connectivity index (χ2n) is 4.37. The van der Waals surface area contributed by atoms with Crippen molar-refractivity contribution >= 4 is 0 Å². The van der Waals surface area contributed by atoms with E-state index in [2.05, 4.69) is 20.8 Å². The van der Waals surface area contributed by atoms with E-state index in [1.54, 1.807) is 0 Å². The summed E-state index contributed by atoms with van der Waals surface area (Å²) in [5.74, 6) is 0. The third-order valence-electron chi connectivity index (χ3n) is 2.65. The lowest BCUT2D eigenvalue weighted by Gasteiger charge is -2.18. The molecule has 0 atom stereocenters. The highest BCUT2D eigenvalue weighted by Gasteiger charge is 2.08. The Bertz CT molecular complexity index is 102. The molecule has 0 aromatic carbocycles. The van der Waals surface area contributed by atoms with Gasteiger partial charge in [-0.15, -0.1) is 0 Å². The van der Waals surface area contributed by atoms with Gasteiger partial charge >= 0.3 is 0 Å². The highest BCUT2D eigenvalue weighted by Crippen LogP contribution is 2.10. The Kier molecular flexibility index (Phi) is 12.9. The first kappa shape index (κ1) is 15.9. The van der Waals surface area contributed by atoms with Crippen LogP contribution < -0.4 is 0 Å². The van der Waals surface area contributed by atoms with Crippen LogP contribution in [0.1, 0.15) is 72.1 Å². The molecule has 0 aromatic heterocycles. The van der Waals surface area contributed by atoms with Crippen molar-refractivity contribution in [2.24, 2.45) is 0 Å². The lowest BCUT2D eigenvalue weighted by atomic mass is 10.2. The molecule has 0 amide bonds. The van der Waals surface area contributed by atoms with E-state index in [4.69, 9.17) is 9.47 Å². The van der Waals surface area contributed by atoms with Crippen LogP contribution in [0.5, 0.6) is 0 Å². The van der Waals surface area contributed by atoms with Gasteiger partial charge in [0.25, 0.3) is 0 Å². The Hall–Kier alpha value is -0.0800. The smallest absolute Gasteiger partial charge is 0.157 e. The molecule has 0 spiro atoms. The molecule has 0 unspecified atom stereocenters. The second-order valence-corrected chi connectivity index (χ2v) is 4.37. The molecule has 0 saturated heterocycles. The van der Waals surface area contributed by atoms with Crippen LogP contribution in [0.4, 0.5) is 0 Å². The number of ether oxygens (including phenoxy) is 2. The van der Waals surface area contributed by atoms with Gasteiger partial charge in [0.15, 0.2) is 6.29 Å². The third-order valence-corrected chi connectivity index (χ3v) is 2.65. The van der Waals surface area contributed by atoms with Crippen molar-refractivity contribution in [3.63, 3.8) is 0 Å². The quantitative estimate of drug-likeness (QED) is 0.362. The third kappa shape index (κ3) is 10.4. The first-order valence-corrected chi connectivity index (χ1v) is 7.08. The Morgan fingerprint density at radius 2 is 1.19 bits per heavy atom. The summed E-state index contributed by atoms with van der Waals surface area (Å²) in [6.45, 7) is 8.30. The standard InChI is InChI=1S/C14H30O2/c1-4-7-10-11-14(15-12-8-5-2)16-13-9-6-3/h14H,4-13H2,1-3H3. The van der Waals surface area contributed by atoms with Crippen molar-refractivity contribution in [2.75, 3.05) is 13.2 Å². The Labute approximate surface area is 102 Å². The van der Waals surface area contributed by atoms with Crippen molar-refractivity contribution in [1.29, 1.82) is 0 Å². The van der Waals surface area contributed by atoms with Gasteiger partial charge in [0.1, 0.15) is 0 Å². The largest absolute Gasteiger partial charge is 0.353 e. The van der Waals surface area contributed by atoms with Gasteiger partial charge in [-0.1, -0.05) is 46.5 Å². The molecular weight excluding hydrogens is 200 g/mol. The van der Waals surface area contributed by atoms with E-state index in [1.807, 2.05) is 0 Å². The predicted octanol–water partition coefficient (Wildman–Crippen LogP) is 4.53. The first-order chi connectivity index (χ1) is 7.85. The van der Waals surface area contributed by atoms with Crippen LogP contribution in [0, 0.1) is 0 Å². The van der Waals surface area contributed by atoms with E-state index < -0.39 is 0 Å². The van der Waals surface area contributed by atoms with Crippen LogP contribution in [0.3, 0.4) is 0 Å². The molecule has 16 heavy (non-hydrogen) atoms. The van der Waals surface area contributed by atoms with Crippen LogP contribution >= 0.6 is 0 Å². The van der Waals surface area contributed by atoms with Crippen LogP contribution in [-0.4, -0.2) is 19.5 Å². The van der Waals surface area contributed by atoms with E-state index in [0.29, 0.717) is 0 Å². The van der Waals surface area contributed by atoms with Crippen molar-refractivity contribution < 1.29 is 9.47 Å². The van der Waals surface area contributed by atoms with Crippen LogP contribution in [0.2, 0.25) is 0 Å². The van der Waals surface area contributed by atoms with E-state index in [9.17, 15) is 0 Å². The predicted molar refractivity (Wildman–Crippen MR) is 69.7 cm³/mol. The van der Waals surface area contributed by atoms with Gasteiger partial charge in [-0.3, -0.25) is 0 Å². The first-order valence-electron chi connectivity index (χ1n) is 7.08. The van der Waals surface area contributed by atoms with Crippen molar-refractivity contribution in [3.8, 4) is 0 Å². The zero-order valence-electron chi connectivity index (χ0n) is 11.5. The molecule has 0 aliphatic rings. The van der Waals surface area contributed by atoms with Gasteiger partial charge < -0.3 is 9.47 Å². The average Bonchev–Trinajstić information content (AvgIpc) is 2.29. The second kappa shape index (κ2) is 13.0. The maximum atomic E-state index is 5.75. The van der Waals surface area contributed by atoms with E-state index >= 15 is 0 Å². The SMILES string of the molecule is CCCCCC(OCCCC)OCCCC. The zero-order valence-corrected chi connectivity index (χ0v) is 11.5. The van der Waals surface area contributed by atoms with Crippen molar-refractivity contribution in [1.82, 2.24) is 0 Å². The summed E-state index contributed by atoms with van der Waals surface area (Å²) >= 11 is 0. The molecule has 0 bridgehead atoms. The fourth-order valence-electron chi connectivity index (χ4n) is 1.49. The van der Waals surface area contributed by atoms with E-state index in [1.165, 1.54) is 32.1 Å². The highest BCUT2D eigenvalue weighted by molar-refractivity contribution is 4.48. The summed E-state index contributed by atoms with van der Waals surface area (Å²) in [6, 6.07) is 0. The molecular formula is C14H30O2. The molecule has 2 nitrogen and oxygen atoms in total. The van der Waals surface area contributed by atoms with Crippen molar-refractivity contribution in [2.45, 2.75) is 78.4 Å². The number of unbranched alkanes of at least 4 members (excludes halogenated alkanes) is 4. The molecule has 0 rings (SSSR count).